The lowest BCUT2D eigenvalue weighted by molar-refractivity contribution is -0.121. The van der Waals surface area contributed by atoms with Crippen LogP contribution in [0.2, 0.25) is 0 Å². The van der Waals surface area contributed by atoms with Crippen molar-refractivity contribution in [2.75, 3.05) is 13.6 Å². The van der Waals surface area contributed by atoms with E-state index in [0.29, 0.717) is 5.56 Å². The highest BCUT2D eigenvalue weighted by Crippen LogP contribution is 2.26. The number of phenolic OH excluding ortho intramolecular Hbond substituents is 1. The van der Waals surface area contributed by atoms with E-state index in [-0.39, 0.29) is 24.1 Å². The molecule has 0 saturated heterocycles. The highest BCUT2D eigenvalue weighted by atomic mass is 79.9. The zero-order chi connectivity index (χ0) is 16.4. The number of aromatic hydroxyl groups is 1. The standard InChI is InChI=1S/C18H19BrN2O2/c1-21-10-13-4-2-3-5-15(13)16(11-21)20-18(23)8-12-6-7-14(19)9-17(12)22/h2-7,9,16,22H,8,10-11H2,1H3,(H,20,23). The Morgan fingerprint density at radius 2 is 2.13 bits per heavy atom. The number of likely N-dealkylation sites (N-methyl/N-ethyl adjacent to an activating group) is 1. The highest BCUT2D eigenvalue weighted by molar-refractivity contribution is 9.10. The Hall–Kier alpha value is -1.85. The van der Waals surface area contributed by atoms with Crippen LogP contribution in [0.25, 0.3) is 0 Å². The molecule has 2 aromatic carbocycles. The third-order valence-electron chi connectivity index (χ3n) is 4.10. The Morgan fingerprint density at radius 1 is 1.35 bits per heavy atom. The molecule has 0 bridgehead atoms. The van der Waals surface area contributed by atoms with E-state index in [2.05, 4.69) is 45.3 Å². The lowest BCUT2D eigenvalue weighted by atomic mass is 9.95. The second kappa shape index (κ2) is 6.72. The number of hydrogen-bond donors (Lipinski definition) is 2. The molecule has 0 spiro atoms. The van der Waals surface area contributed by atoms with Gasteiger partial charge in [-0.3, -0.25) is 9.69 Å². The number of fused-ring (bicyclic) bond motifs is 1. The summed E-state index contributed by atoms with van der Waals surface area (Å²) in [6.45, 7) is 1.69. The molecule has 2 aromatic rings. The van der Waals surface area contributed by atoms with Crippen molar-refractivity contribution in [3.05, 3.63) is 63.6 Å². The van der Waals surface area contributed by atoms with E-state index in [1.54, 1.807) is 12.1 Å². The van der Waals surface area contributed by atoms with Crippen LogP contribution in [0.5, 0.6) is 5.75 Å². The molecule has 0 aromatic heterocycles. The van der Waals surface area contributed by atoms with Crippen LogP contribution in [0.1, 0.15) is 22.7 Å². The summed E-state index contributed by atoms with van der Waals surface area (Å²) in [6.07, 6.45) is 0.168. The number of benzene rings is 2. The Morgan fingerprint density at radius 3 is 2.91 bits per heavy atom. The molecule has 1 heterocycles. The molecule has 0 saturated carbocycles. The fourth-order valence-electron chi connectivity index (χ4n) is 3.01. The summed E-state index contributed by atoms with van der Waals surface area (Å²) in [5.41, 5.74) is 3.06. The van der Waals surface area contributed by atoms with Crippen LogP contribution in [0.3, 0.4) is 0 Å². The van der Waals surface area contributed by atoms with Crippen LogP contribution in [-0.2, 0) is 17.8 Å². The first-order chi connectivity index (χ1) is 11.0. The van der Waals surface area contributed by atoms with Crippen LogP contribution in [0.15, 0.2) is 46.9 Å². The van der Waals surface area contributed by atoms with Crippen LogP contribution in [0.4, 0.5) is 0 Å². The predicted octanol–water partition coefficient (Wildman–Crippen LogP) is 3.00. The molecule has 1 atom stereocenters. The van der Waals surface area contributed by atoms with E-state index in [1.807, 2.05) is 18.2 Å². The van der Waals surface area contributed by atoms with E-state index in [9.17, 15) is 9.90 Å². The molecule has 1 unspecified atom stereocenters. The summed E-state index contributed by atoms with van der Waals surface area (Å²) in [4.78, 5) is 14.6. The fraction of sp³-hybridized carbons (Fsp3) is 0.278. The highest BCUT2D eigenvalue weighted by Gasteiger charge is 2.24. The third-order valence-corrected chi connectivity index (χ3v) is 4.59. The molecule has 3 rings (SSSR count). The van der Waals surface area contributed by atoms with Crippen molar-refractivity contribution in [2.45, 2.75) is 19.0 Å². The maximum absolute atomic E-state index is 12.4. The molecule has 120 valence electrons. The average molecular weight is 375 g/mol. The molecule has 4 nitrogen and oxygen atoms in total. The van der Waals surface area contributed by atoms with E-state index in [1.165, 1.54) is 11.1 Å². The smallest absolute Gasteiger partial charge is 0.225 e. The van der Waals surface area contributed by atoms with Gasteiger partial charge in [0, 0.05) is 23.1 Å². The van der Waals surface area contributed by atoms with Crippen molar-refractivity contribution in [2.24, 2.45) is 0 Å². The molecule has 5 heteroatoms. The molecule has 23 heavy (non-hydrogen) atoms. The summed E-state index contributed by atoms with van der Waals surface area (Å²) in [5, 5.41) is 13.0. The molecule has 1 aliphatic rings. The van der Waals surface area contributed by atoms with Crippen molar-refractivity contribution in [1.82, 2.24) is 10.2 Å². The Labute approximate surface area is 144 Å². The van der Waals surface area contributed by atoms with Crippen molar-refractivity contribution in [1.29, 1.82) is 0 Å². The van der Waals surface area contributed by atoms with E-state index < -0.39 is 0 Å². The lowest BCUT2D eigenvalue weighted by Crippen LogP contribution is -2.40. The van der Waals surface area contributed by atoms with Crippen LogP contribution >= 0.6 is 15.9 Å². The van der Waals surface area contributed by atoms with Gasteiger partial charge in [-0.25, -0.2) is 0 Å². The van der Waals surface area contributed by atoms with Gasteiger partial charge >= 0.3 is 0 Å². The first kappa shape index (κ1) is 16.0. The van der Waals surface area contributed by atoms with Gasteiger partial charge in [0.05, 0.1) is 12.5 Å². The first-order valence-electron chi connectivity index (χ1n) is 7.56. The van der Waals surface area contributed by atoms with Gasteiger partial charge < -0.3 is 10.4 Å². The number of rotatable bonds is 3. The molecule has 0 radical (unpaired) electrons. The first-order valence-corrected chi connectivity index (χ1v) is 8.35. The predicted molar refractivity (Wildman–Crippen MR) is 93.2 cm³/mol. The molecular formula is C18H19BrN2O2. The fourth-order valence-corrected chi connectivity index (χ4v) is 3.36. The topological polar surface area (TPSA) is 52.6 Å². The number of carbonyl (C=O) groups excluding carboxylic acids is 1. The summed E-state index contributed by atoms with van der Waals surface area (Å²) in [5.74, 6) is 0.0495. The molecule has 0 fully saturated rings. The minimum absolute atomic E-state index is 0.0185. The Kier molecular flexibility index (Phi) is 4.68. The third kappa shape index (κ3) is 3.74. The van der Waals surface area contributed by atoms with Gasteiger partial charge in [-0.05, 0) is 30.3 Å². The second-order valence-electron chi connectivity index (χ2n) is 5.97. The van der Waals surface area contributed by atoms with E-state index in [0.717, 1.165) is 17.6 Å². The summed E-state index contributed by atoms with van der Waals surface area (Å²) in [6, 6.07) is 13.4. The van der Waals surface area contributed by atoms with E-state index >= 15 is 0 Å². The number of nitrogens with one attached hydrogen (secondary N) is 1. The van der Waals surface area contributed by atoms with Crippen LogP contribution in [-0.4, -0.2) is 29.5 Å². The maximum Gasteiger partial charge on any atom is 0.225 e. The molecule has 1 amide bonds. The number of hydrogen-bond acceptors (Lipinski definition) is 3. The van der Waals surface area contributed by atoms with Gasteiger partial charge in [-0.2, -0.15) is 0 Å². The summed E-state index contributed by atoms with van der Waals surface area (Å²) in [7, 11) is 2.05. The minimum Gasteiger partial charge on any atom is -0.508 e. The molecule has 0 aliphatic carbocycles. The van der Waals surface area contributed by atoms with Gasteiger partial charge in [0.1, 0.15) is 5.75 Å². The zero-order valence-electron chi connectivity index (χ0n) is 12.9. The lowest BCUT2D eigenvalue weighted by Gasteiger charge is -2.32. The van der Waals surface area contributed by atoms with Crippen molar-refractivity contribution in [3.8, 4) is 5.75 Å². The van der Waals surface area contributed by atoms with Gasteiger partial charge in [-0.15, -0.1) is 0 Å². The largest absolute Gasteiger partial charge is 0.508 e. The normalized spacial score (nSPS) is 17.6. The van der Waals surface area contributed by atoms with Crippen molar-refractivity contribution in [3.63, 3.8) is 0 Å². The molecule has 1 aliphatic heterocycles. The Bertz CT molecular complexity index is 733. The summed E-state index contributed by atoms with van der Waals surface area (Å²) < 4.78 is 0.794. The minimum atomic E-state index is -0.0854. The number of halogens is 1. The van der Waals surface area contributed by atoms with Gasteiger partial charge in [0.2, 0.25) is 5.91 Å². The van der Waals surface area contributed by atoms with Gasteiger partial charge in [0.15, 0.2) is 0 Å². The number of carbonyl (C=O) groups is 1. The second-order valence-corrected chi connectivity index (χ2v) is 6.88. The monoisotopic (exact) mass is 374 g/mol. The zero-order valence-corrected chi connectivity index (χ0v) is 14.5. The van der Waals surface area contributed by atoms with Gasteiger partial charge in [-0.1, -0.05) is 46.3 Å². The molecule has 2 N–H and O–H groups in total. The molecular weight excluding hydrogens is 356 g/mol. The van der Waals surface area contributed by atoms with Crippen molar-refractivity contribution >= 4 is 21.8 Å². The van der Waals surface area contributed by atoms with Crippen LogP contribution in [0, 0.1) is 0 Å². The Balaban J connectivity index is 1.73. The average Bonchev–Trinajstić information content (AvgIpc) is 2.50. The van der Waals surface area contributed by atoms with Crippen LogP contribution < -0.4 is 5.32 Å². The quantitative estimate of drug-likeness (QED) is 0.867. The van der Waals surface area contributed by atoms with Gasteiger partial charge in [0.25, 0.3) is 0 Å². The number of nitrogens with zero attached hydrogens (tertiary/aromatic N) is 1. The van der Waals surface area contributed by atoms with E-state index in [4.69, 9.17) is 0 Å². The summed E-state index contributed by atoms with van der Waals surface area (Å²) >= 11 is 3.30. The van der Waals surface area contributed by atoms with Crippen molar-refractivity contribution < 1.29 is 9.90 Å². The number of phenols is 1. The number of amides is 1. The SMILES string of the molecule is CN1Cc2ccccc2C(NC(=O)Cc2ccc(Br)cc2O)C1. The maximum atomic E-state index is 12.4.